The molecular weight excluding hydrogens is 252 g/mol. The highest BCUT2D eigenvalue weighted by Crippen LogP contribution is 2.28. The van der Waals surface area contributed by atoms with E-state index >= 15 is 0 Å². The second-order valence-electron chi connectivity index (χ2n) is 6.23. The Morgan fingerprint density at radius 3 is 2.50 bits per heavy atom. The number of nitrogens with zero attached hydrogens (tertiary/aromatic N) is 3. The van der Waals surface area contributed by atoms with E-state index in [0.29, 0.717) is 12.0 Å². The molecule has 1 aliphatic heterocycles. The number of ether oxygens (including phenoxy) is 1. The summed E-state index contributed by atoms with van der Waals surface area (Å²) in [5.41, 5.74) is 6.13. The highest BCUT2D eigenvalue weighted by Gasteiger charge is 2.25. The van der Waals surface area contributed by atoms with E-state index in [-0.39, 0.29) is 0 Å². The number of guanidine groups is 1. The Labute approximate surface area is 123 Å². The van der Waals surface area contributed by atoms with Crippen molar-refractivity contribution in [3.8, 4) is 0 Å². The van der Waals surface area contributed by atoms with Crippen LogP contribution in [0.2, 0.25) is 0 Å². The molecule has 1 saturated carbocycles. The standard InChI is InChI=1S/C15H30N4O/c1-18(2)14(13-6-4-3-5-7-13)12-17-15(16)19-8-10-20-11-9-19/h13-14H,3-12H2,1-2H3,(H2,16,17). The summed E-state index contributed by atoms with van der Waals surface area (Å²) in [6.45, 7) is 4.07. The van der Waals surface area contributed by atoms with Gasteiger partial charge in [0.15, 0.2) is 5.96 Å². The maximum atomic E-state index is 6.13. The topological polar surface area (TPSA) is 54.1 Å². The predicted molar refractivity (Wildman–Crippen MR) is 82.9 cm³/mol. The van der Waals surface area contributed by atoms with E-state index in [1.54, 1.807) is 0 Å². The second-order valence-corrected chi connectivity index (χ2v) is 6.23. The zero-order valence-electron chi connectivity index (χ0n) is 13.1. The molecule has 2 N–H and O–H groups in total. The zero-order valence-corrected chi connectivity index (χ0v) is 13.1. The van der Waals surface area contributed by atoms with Gasteiger partial charge in [-0.1, -0.05) is 19.3 Å². The van der Waals surface area contributed by atoms with Crippen LogP contribution in [-0.4, -0.2) is 68.7 Å². The molecule has 0 aromatic heterocycles. The molecule has 116 valence electrons. The largest absolute Gasteiger partial charge is 0.378 e. The molecule has 1 heterocycles. The van der Waals surface area contributed by atoms with Crippen molar-refractivity contribution < 1.29 is 4.74 Å². The van der Waals surface area contributed by atoms with Gasteiger partial charge in [0.2, 0.25) is 0 Å². The van der Waals surface area contributed by atoms with E-state index in [1.807, 2.05) is 0 Å². The normalized spacial score (nSPS) is 24.1. The van der Waals surface area contributed by atoms with Gasteiger partial charge in [-0.3, -0.25) is 4.99 Å². The number of nitrogens with two attached hydrogens (primary N) is 1. The molecular formula is C15H30N4O. The van der Waals surface area contributed by atoms with Crippen molar-refractivity contribution >= 4 is 5.96 Å². The SMILES string of the molecule is CN(C)C(CN=C(N)N1CCOCC1)C1CCCCC1. The Morgan fingerprint density at radius 1 is 1.25 bits per heavy atom. The third-order valence-electron chi connectivity index (χ3n) is 4.63. The van der Waals surface area contributed by atoms with Gasteiger partial charge in [0.25, 0.3) is 0 Å². The smallest absolute Gasteiger partial charge is 0.191 e. The summed E-state index contributed by atoms with van der Waals surface area (Å²) < 4.78 is 5.35. The molecule has 5 heteroatoms. The van der Waals surface area contributed by atoms with Crippen LogP contribution in [0.3, 0.4) is 0 Å². The van der Waals surface area contributed by atoms with Crippen molar-refractivity contribution in [2.24, 2.45) is 16.6 Å². The first-order valence-corrected chi connectivity index (χ1v) is 7.97. The van der Waals surface area contributed by atoms with Crippen LogP contribution in [0.15, 0.2) is 4.99 Å². The average molecular weight is 282 g/mol. The fourth-order valence-electron chi connectivity index (χ4n) is 3.33. The molecule has 0 amide bonds. The minimum absolute atomic E-state index is 0.523. The van der Waals surface area contributed by atoms with Crippen LogP contribution in [0.5, 0.6) is 0 Å². The third kappa shape index (κ3) is 4.35. The number of hydrogen-bond donors (Lipinski definition) is 1. The molecule has 2 rings (SSSR count). The summed E-state index contributed by atoms with van der Waals surface area (Å²) in [7, 11) is 4.33. The van der Waals surface area contributed by atoms with Crippen molar-refractivity contribution in [3.63, 3.8) is 0 Å². The fraction of sp³-hybridized carbons (Fsp3) is 0.933. The summed E-state index contributed by atoms with van der Waals surface area (Å²) in [4.78, 5) is 9.13. The molecule has 2 aliphatic rings. The lowest BCUT2D eigenvalue weighted by Gasteiger charge is -2.34. The van der Waals surface area contributed by atoms with Crippen LogP contribution in [-0.2, 0) is 4.74 Å². The Balaban J connectivity index is 1.89. The van der Waals surface area contributed by atoms with Crippen molar-refractivity contribution in [2.75, 3.05) is 46.9 Å². The maximum absolute atomic E-state index is 6.13. The van der Waals surface area contributed by atoms with Crippen molar-refractivity contribution in [1.29, 1.82) is 0 Å². The molecule has 5 nitrogen and oxygen atoms in total. The summed E-state index contributed by atoms with van der Waals surface area (Å²) in [5.74, 6) is 1.47. The molecule has 0 radical (unpaired) electrons. The first kappa shape index (κ1) is 15.6. The lowest BCUT2D eigenvalue weighted by molar-refractivity contribution is 0.0672. The van der Waals surface area contributed by atoms with Crippen LogP contribution in [0.1, 0.15) is 32.1 Å². The summed E-state index contributed by atoms with van der Waals surface area (Å²) in [5, 5.41) is 0. The third-order valence-corrected chi connectivity index (χ3v) is 4.63. The Morgan fingerprint density at radius 2 is 1.90 bits per heavy atom. The van der Waals surface area contributed by atoms with Gasteiger partial charge in [-0.2, -0.15) is 0 Å². The van der Waals surface area contributed by atoms with Gasteiger partial charge < -0.3 is 20.3 Å². The molecule has 0 spiro atoms. The molecule has 1 aliphatic carbocycles. The van der Waals surface area contributed by atoms with Crippen LogP contribution in [0.25, 0.3) is 0 Å². The zero-order chi connectivity index (χ0) is 14.4. The number of rotatable bonds is 4. The molecule has 0 aromatic rings. The highest BCUT2D eigenvalue weighted by molar-refractivity contribution is 5.78. The summed E-state index contributed by atoms with van der Waals surface area (Å²) in [6, 6.07) is 0.523. The Hall–Kier alpha value is -0.810. The average Bonchev–Trinajstić information content (AvgIpc) is 2.49. The van der Waals surface area contributed by atoms with Crippen molar-refractivity contribution in [3.05, 3.63) is 0 Å². The molecule has 20 heavy (non-hydrogen) atoms. The fourth-order valence-corrected chi connectivity index (χ4v) is 3.33. The van der Waals surface area contributed by atoms with E-state index < -0.39 is 0 Å². The predicted octanol–water partition coefficient (Wildman–Crippen LogP) is 1.14. The lowest BCUT2D eigenvalue weighted by Crippen LogP contribution is -2.46. The number of likely N-dealkylation sites (N-methyl/N-ethyl adjacent to an activating group) is 1. The Bertz CT molecular complexity index is 307. The minimum atomic E-state index is 0.523. The van der Waals surface area contributed by atoms with E-state index in [9.17, 15) is 0 Å². The summed E-state index contributed by atoms with van der Waals surface area (Å²) >= 11 is 0. The first-order valence-electron chi connectivity index (χ1n) is 7.97. The molecule has 1 unspecified atom stereocenters. The number of morpholine rings is 1. The van der Waals surface area contributed by atoms with Gasteiger partial charge in [-0.05, 0) is 32.9 Å². The number of aliphatic imine (C=N–C) groups is 1. The van der Waals surface area contributed by atoms with Crippen molar-refractivity contribution in [1.82, 2.24) is 9.80 Å². The molecule has 0 bridgehead atoms. The summed E-state index contributed by atoms with van der Waals surface area (Å²) in [6.07, 6.45) is 6.83. The van der Waals surface area contributed by atoms with E-state index in [1.165, 1.54) is 32.1 Å². The number of hydrogen-bond acceptors (Lipinski definition) is 3. The van der Waals surface area contributed by atoms with Gasteiger partial charge in [0, 0.05) is 19.1 Å². The van der Waals surface area contributed by atoms with Crippen LogP contribution < -0.4 is 5.73 Å². The van der Waals surface area contributed by atoms with Crippen LogP contribution in [0.4, 0.5) is 0 Å². The van der Waals surface area contributed by atoms with Crippen LogP contribution >= 0.6 is 0 Å². The molecule has 1 saturated heterocycles. The van der Waals surface area contributed by atoms with E-state index in [2.05, 4.69) is 28.9 Å². The first-order chi connectivity index (χ1) is 9.68. The van der Waals surface area contributed by atoms with Gasteiger partial charge in [-0.15, -0.1) is 0 Å². The van der Waals surface area contributed by atoms with Crippen LogP contribution in [0, 0.1) is 5.92 Å². The van der Waals surface area contributed by atoms with E-state index in [0.717, 1.165) is 38.8 Å². The maximum Gasteiger partial charge on any atom is 0.191 e. The monoisotopic (exact) mass is 282 g/mol. The van der Waals surface area contributed by atoms with Gasteiger partial charge in [0.1, 0.15) is 0 Å². The van der Waals surface area contributed by atoms with Gasteiger partial charge in [-0.25, -0.2) is 0 Å². The van der Waals surface area contributed by atoms with Gasteiger partial charge >= 0.3 is 0 Å². The second kappa shape index (κ2) is 7.84. The van der Waals surface area contributed by atoms with E-state index in [4.69, 9.17) is 10.5 Å². The van der Waals surface area contributed by atoms with Crippen molar-refractivity contribution in [2.45, 2.75) is 38.1 Å². The molecule has 1 atom stereocenters. The molecule has 2 fully saturated rings. The minimum Gasteiger partial charge on any atom is -0.378 e. The Kier molecular flexibility index (Phi) is 6.10. The lowest BCUT2D eigenvalue weighted by atomic mass is 9.83. The quantitative estimate of drug-likeness (QED) is 0.621. The van der Waals surface area contributed by atoms with Gasteiger partial charge in [0.05, 0.1) is 19.8 Å². The highest BCUT2D eigenvalue weighted by atomic mass is 16.5. The molecule has 0 aromatic carbocycles.